The van der Waals surface area contributed by atoms with Gasteiger partial charge in [-0.1, -0.05) is 36.4 Å². The van der Waals surface area contributed by atoms with Crippen molar-refractivity contribution >= 4 is 5.97 Å². The Bertz CT molecular complexity index is 826. The molecule has 3 heteroatoms. The van der Waals surface area contributed by atoms with Crippen molar-refractivity contribution in [3.05, 3.63) is 71.8 Å². The highest BCUT2D eigenvalue weighted by molar-refractivity contribution is 5.80. The predicted octanol–water partition coefficient (Wildman–Crippen LogP) is 4.74. The first-order valence-electron chi connectivity index (χ1n) is 10.6. The van der Waals surface area contributed by atoms with Crippen LogP contribution in [0.25, 0.3) is 0 Å². The Balaban J connectivity index is 1.39. The van der Waals surface area contributed by atoms with Crippen LogP contribution < -0.4 is 0 Å². The molecule has 28 heavy (non-hydrogen) atoms. The zero-order chi connectivity index (χ0) is 19.4. The molecule has 6 rings (SSSR count). The van der Waals surface area contributed by atoms with E-state index in [0.29, 0.717) is 5.41 Å². The van der Waals surface area contributed by atoms with Gasteiger partial charge < -0.3 is 10.2 Å². The molecule has 0 amide bonds. The van der Waals surface area contributed by atoms with E-state index in [-0.39, 0.29) is 5.92 Å². The Hall–Kier alpha value is -2.13. The van der Waals surface area contributed by atoms with Gasteiger partial charge in [0.2, 0.25) is 0 Å². The molecule has 4 bridgehead atoms. The van der Waals surface area contributed by atoms with Gasteiger partial charge in [0.1, 0.15) is 5.60 Å². The molecule has 0 unspecified atom stereocenters. The number of aliphatic carboxylic acids is 1. The van der Waals surface area contributed by atoms with E-state index in [9.17, 15) is 9.90 Å². The summed E-state index contributed by atoms with van der Waals surface area (Å²) >= 11 is 0. The second-order valence-corrected chi connectivity index (χ2v) is 9.63. The summed E-state index contributed by atoms with van der Waals surface area (Å²) in [6.45, 7) is 0. The van der Waals surface area contributed by atoms with E-state index in [1.165, 1.54) is 55.7 Å². The normalized spacial score (nSPS) is 41.0. The van der Waals surface area contributed by atoms with Crippen LogP contribution in [0.2, 0.25) is 0 Å². The van der Waals surface area contributed by atoms with Crippen molar-refractivity contribution in [2.24, 2.45) is 17.8 Å². The first-order valence-corrected chi connectivity index (χ1v) is 10.6. The number of rotatable bonds is 4. The topological polar surface area (TPSA) is 57.5 Å². The Morgan fingerprint density at radius 1 is 1.00 bits per heavy atom. The Morgan fingerprint density at radius 3 is 2.18 bits per heavy atom. The fourth-order valence-electron chi connectivity index (χ4n) is 6.71. The molecule has 0 saturated heterocycles. The minimum atomic E-state index is -1.31. The molecule has 0 heterocycles. The van der Waals surface area contributed by atoms with E-state index in [2.05, 4.69) is 24.3 Å². The lowest BCUT2D eigenvalue weighted by Crippen LogP contribution is -2.48. The highest BCUT2D eigenvalue weighted by Crippen LogP contribution is 2.60. The summed E-state index contributed by atoms with van der Waals surface area (Å²) in [6, 6.07) is 9.08. The number of carboxylic acids is 1. The maximum Gasteiger partial charge on any atom is 0.328 e. The lowest BCUT2D eigenvalue weighted by Gasteiger charge is -2.57. The van der Waals surface area contributed by atoms with Gasteiger partial charge in [0, 0.05) is 12.0 Å². The number of benzene rings is 1. The zero-order valence-corrected chi connectivity index (χ0v) is 16.1. The number of carbonyl (C=O) groups is 1. The van der Waals surface area contributed by atoms with Crippen molar-refractivity contribution in [2.75, 3.05) is 0 Å². The van der Waals surface area contributed by atoms with Crippen LogP contribution in [0.5, 0.6) is 0 Å². The Labute approximate surface area is 166 Å². The van der Waals surface area contributed by atoms with E-state index in [1.54, 1.807) is 12.2 Å². The Morgan fingerprint density at radius 2 is 1.61 bits per heavy atom. The molecule has 146 valence electrons. The summed E-state index contributed by atoms with van der Waals surface area (Å²) in [4.78, 5) is 10.7. The molecule has 0 aromatic heterocycles. The first-order chi connectivity index (χ1) is 13.4. The van der Waals surface area contributed by atoms with Gasteiger partial charge in [-0.25, -0.2) is 4.79 Å². The average molecular weight is 376 g/mol. The smallest absolute Gasteiger partial charge is 0.328 e. The van der Waals surface area contributed by atoms with E-state index in [4.69, 9.17) is 5.11 Å². The van der Waals surface area contributed by atoms with Crippen LogP contribution in [-0.4, -0.2) is 21.8 Å². The fourth-order valence-corrected chi connectivity index (χ4v) is 6.71. The van der Waals surface area contributed by atoms with Crippen LogP contribution in [0.3, 0.4) is 0 Å². The molecular formula is C25H28O3. The summed E-state index contributed by atoms with van der Waals surface area (Å²) in [7, 11) is 0. The predicted molar refractivity (Wildman–Crippen MR) is 109 cm³/mol. The van der Waals surface area contributed by atoms with Crippen LogP contribution in [0, 0.1) is 17.8 Å². The third kappa shape index (κ3) is 3.16. The molecule has 3 nitrogen and oxygen atoms in total. The molecule has 1 aromatic carbocycles. The largest absolute Gasteiger partial charge is 0.478 e. The fraction of sp³-hybridized carbons (Fsp3) is 0.480. The quantitative estimate of drug-likeness (QED) is 0.590. The minimum absolute atomic E-state index is 0.118. The van der Waals surface area contributed by atoms with Gasteiger partial charge in [0.25, 0.3) is 0 Å². The molecule has 5 aliphatic carbocycles. The summed E-state index contributed by atoms with van der Waals surface area (Å²) in [5, 5.41) is 19.3. The summed E-state index contributed by atoms with van der Waals surface area (Å²) in [5.74, 6) is 1.86. The highest BCUT2D eigenvalue weighted by Gasteiger charge is 2.51. The van der Waals surface area contributed by atoms with Crippen molar-refractivity contribution in [3.8, 4) is 0 Å². The standard InChI is InChI=1S/C25H28O3/c26-23(27)6-9-25(28)7-4-20(5-8-25)21-2-1-3-22(13-21)24-14-17-10-18(15-24)12-19(11-17)16-24/h1-9,13,17-20,28H,10-12,14-16H2,(H,26,27)/b9-6+. The summed E-state index contributed by atoms with van der Waals surface area (Å²) in [6.07, 6.45) is 18.1. The SMILES string of the molecule is O=C(O)/C=C/C1(O)C=CC(c2cccc(C34CC5CC(CC(C5)C3)C4)c2)C=C1. The number of carboxylic acid groups (broad SMARTS) is 1. The number of aliphatic hydroxyl groups is 1. The van der Waals surface area contributed by atoms with E-state index < -0.39 is 11.6 Å². The van der Waals surface area contributed by atoms with E-state index in [1.807, 2.05) is 12.2 Å². The van der Waals surface area contributed by atoms with Crippen molar-refractivity contribution < 1.29 is 15.0 Å². The molecule has 0 atom stereocenters. The molecule has 4 fully saturated rings. The molecule has 0 spiro atoms. The second kappa shape index (κ2) is 6.45. The van der Waals surface area contributed by atoms with Crippen LogP contribution in [0.15, 0.2) is 60.7 Å². The minimum Gasteiger partial charge on any atom is -0.478 e. The molecule has 2 N–H and O–H groups in total. The van der Waals surface area contributed by atoms with Crippen molar-refractivity contribution in [1.29, 1.82) is 0 Å². The molecule has 4 saturated carbocycles. The summed E-state index contributed by atoms with van der Waals surface area (Å²) in [5.41, 5.74) is 1.84. The number of allylic oxidation sites excluding steroid dienone is 2. The maximum absolute atomic E-state index is 10.7. The third-order valence-corrected chi connectivity index (χ3v) is 7.56. The first kappa shape index (κ1) is 17.9. The van der Waals surface area contributed by atoms with Crippen molar-refractivity contribution in [3.63, 3.8) is 0 Å². The number of hydrogen-bond donors (Lipinski definition) is 2. The summed E-state index contributed by atoms with van der Waals surface area (Å²) < 4.78 is 0. The monoisotopic (exact) mass is 376 g/mol. The third-order valence-electron chi connectivity index (χ3n) is 7.56. The number of hydrogen-bond acceptors (Lipinski definition) is 2. The van der Waals surface area contributed by atoms with Gasteiger partial charge in [0.05, 0.1) is 0 Å². The van der Waals surface area contributed by atoms with Crippen LogP contribution >= 0.6 is 0 Å². The molecule has 0 radical (unpaired) electrons. The van der Waals surface area contributed by atoms with Gasteiger partial charge in [-0.2, -0.15) is 0 Å². The van der Waals surface area contributed by atoms with Gasteiger partial charge >= 0.3 is 5.97 Å². The van der Waals surface area contributed by atoms with E-state index >= 15 is 0 Å². The molecule has 1 aromatic rings. The lowest BCUT2D eigenvalue weighted by molar-refractivity contribution is -0.131. The zero-order valence-electron chi connectivity index (χ0n) is 16.1. The highest BCUT2D eigenvalue weighted by atomic mass is 16.4. The molecule has 0 aliphatic heterocycles. The van der Waals surface area contributed by atoms with Gasteiger partial charge in [-0.3, -0.25) is 0 Å². The van der Waals surface area contributed by atoms with Crippen LogP contribution in [0.4, 0.5) is 0 Å². The van der Waals surface area contributed by atoms with Crippen LogP contribution in [0.1, 0.15) is 55.6 Å². The van der Waals surface area contributed by atoms with E-state index in [0.717, 1.165) is 23.8 Å². The van der Waals surface area contributed by atoms with Gasteiger partial charge in [0.15, 0.2) is 0 Å². The molecular weight excluding hydrogens is 348 g/mol. The van der Waals surface area contributed by atoms with Gasteiger partial charge in [-0.05, 0) is 91.0 Å². The Kier molecular flexibility index (Phi) is 4.13. The lowest BCUT2D eigenvalue weighted by atomic mass is 9.48. The average Bonchev–Trinajstić information content (AvgIpc) is 2.66. The van der Waals surface area contributed by atoms with Crippen molar-refractivity contribution in [1.82, 2.24) is 0 Å². The van der Waals surface area contributed by atoms with Gasteiger partial charge in [-0.15, -0.1) is 0 Å². The van der Waals surface area contributed by atoms with Crippen molar-refractivity contribution in [2.45, 2.75) is 55.5 Å². The van der Waals surface area contributed by atoms with Crippen LogP contribution in [-0.2, 0) is 10.2 Å². The second-order valence-electron chi connectivity index (χ2n) is 9.63. The maximum atomic E-state index is 10.7. The molecule has 5 aliphatic rings.